The van der Waals surface area contributed by atoms with E-state index in [-0.39, 0.29) is 23.5 Å². The maximum absolute atomic E-state index is 13.3. The third-order valence-electron chi connectivity index (χ3n) is 6.52. The molecule has 0 bridgehead atoms. The van der Waals surface area contributed by atoms with Crippen LogP contribution in [0.2, 0.25) is 0 Å². The van der Waals surface area contributed by atoms with E-state index in [9.17, 15) is 9.90 Å². The molecule has 1 aliphatic heterocycles. The summed E-state index contributed by atoms with van der Waals surface area (Å²) in [6.07, 6.45) is 8.02. The van der Waals surface area contributed by atoms with Crippen LogP contribution in [-0.4, -0.2) is 60.4 Å². The molecule has 8 nitrogen and oxygen atoms in total. The highest BCUT2D eigenvalue weighted by Crippen LogP contribution is 2.30. The summed E-state index contributed by atoms with van der Waals surface area (Å²) in [7, 11) is 4.02. The molecule has 1 aromatic heterocycles. The summed E-state index contributed by atoms with van der Waals surface area (Å²) in [6, 6.07) is 0.389. The maximum Gasteiger partial charge on any atom is 0.281 e. The van der Waals surface area contributed by atoms with Crippen molar-refractivity contribution in [3.05, 3.63) is 15.9 Å². The Labute approximate surface area is 179 Å². The molecule has 1 saturated heterocycles. The lowest BCUT2D eigenvalue weighted by atomic mass is 9.92. The monoisotopic (exact) mass is 419 g/mol. The molecule has 1 aliphatic carbocycles. The Morgan fingerprint density at radius 3 is 2.47 bits per heavy atom. The van der Waals surface area contributed by atoms with E-state index in [4.69, 9.17) is 5.73 Å². The van der Waals surface area contributed by atoms with Crippen LogP contribution in [0.3, 0.4) is 0 Å². The van der Waals surface area contributed by atoms with Gasteiger partial charge in [-0.3, -0.25) is 14.3 Å². The first-order valence-corrected chi connectivity index (χ1v) is 11.5. The van der Waals surface area contributed by atoms with Crippen LogP contribution in [0.5, 0.6) is 5.88 Å². The number of rotatable bonds is 7. The van der Waals surface area contributed by atoms with E-state index in [0.717, 1.165) is 75.8 Å². The van der Waals surface area contributed by atoms with Crippen LogP contribution >= 0.6 is 0 Å². The Bertz CT molecular complexity index is 790. The standard InChI is InChI=1S/C22H38N6O2/c1-16-19(25-24-18-10-8-17(23)9-11-18)21(29)28(15-7-12-26(2)3)22(30)20(16)27-13-5-4-6-14-27/h17-18,30H,4-15,23H2,1-3H3/p+1. The van der Waals surface area contributed by atoms with Gasteiger partial charge in [-0.15, -0.1) is 5.11 Å². The van der Waals surface area contributed by atoms with Crippen LogP contribution < -0.4 is 16.2 Å². The molecule has 8 heteroatoms. The molecule has 0 amide bonds. The zero-order valence-corrected chi connectivity index (χ0v) is 18.9. The van der Waals surface area contributed by atoms with Crippen molar-refractivity contribution in [3.63, 3.8) is 0 Å². The molecule has 2 aliphatic rings. The third kappa shape index (κ3) is 5.47. The van der Waals surface area contributed by atoms with E-state index in [0.29, 0.717) is 12.2 Å². The molecule has 1 aromatic rings. The Hall–Kier alpha value is -1.77. The van der Waals surface area contributed by atoms with Crippen LogP contribution in [0.15, 0.2) is 15.0 Å². The lowest BCUT2D eigenvalue weighted by Gasteiger charge is -2.26. The van der Waals surface area contributed by atoms with Crippen molar-refractivity contribution < 1.29 is 10.0 Å². The predicted octanol–water partition coefficient (Wildman–Crippen LogP) is 1.87. The number of aromatic hydroxyl groups is 1. The largest absolute Gasteiger partial charge is 0.490 e. The second-order valence-electron chi connectivity index (χ2n) is 9.23. The number of nitrogens with zero attached hydrogens (tertiary/aromatic N) is 4. The van der Waals surface area contributed by atoms with Crippen LogP contribution in [-0.2, 0) is 6.54 Å². The molecule has 4 N–H and O–H groups in total. The highest BCUT2D eigenvalue weighted by molar-refractivity contribution is 5.59. The summed E-state index contributed by atoms with van der Waals surface area (Å²) >= 11 is 0. The van der Waals surface area contributed by atoms with Crippen molar-refractivity contribution in [1.82, 2.24) is 9.47 Å². The average Bonchev–Trinajstić information content (AvgIpc) is 2.72. The van der Waals surface area contributed by atoms with Crippen molar-refractivity contribution in [2.75, 3.05) is 33.7 Å². The Kier molecular flexibility index (Phi) is 8.02. The normalized spacial score (nSPS) is 23.5. The molecule has 30 heavy (non-hydrogen) atoms. The topological polar surface area (TPSA) is 101 Å². The second kappa shape index (κ2) is 10.5. The minimum absolute atomic E-state index is 0.107. The summed E-state index contributed by atoms with van der Waals surface area (Å²) in [6.45, 7) is 5.19. The number of piperidine rings is 1. The molecular weight excluding hydrogens is 380 g/mol. The van der Waals surface area contributed by atoms with Gasteiger partial charge in [0.25, 0.3) is 11.4 Å². The number of azo groups is 1. The van der Waals surface area contributed by atoms with E-state index < -0.39 is 0 Å². The molecular formula is C22H39N6O2+. The van der Waals surface area contributed by atoms with Crippen molar-refractivity contribution in [2.45, 2.75) is 76.9 Å². The lowest BCUT2D eigenvalue weighted by Crippen LogP contribution is -3.08. The van der Waals surface area contributed by atoms with E-state index in [1.165, 1.54) is 15.9 Å². The highest BCUT2D eigenvalue weighted by atomic mass is 16.3. The zero-order chi connectivity index (χ0) is 21.7. The summed E-state index contributed by atoms with van der Waals surface area (Å²) < 4.78 is 1.51. The van der Waals surface area contributed by atoms with E-state index in [1.807, 2.05) is 21.0 Å². The summed E-state index contributed by atoms with van der Waals surface area (Å²) in [5.74, 6) is 0.107. The Morgan fingerprint density at radius 1 is 1.17 bits per heavy atom. The second-order valence-corrected chi connectivity index (χ2v) is 9.23. The first-order chi connectivity index (χ1) is 14.4. The van der Waals surface area contributed by atoms with Crippen LogP contribution in [0.4, 0.5) is 11.4 Å². The first kappa shape index (κ1) is 22.9. The Balaban J connectivity index is 1.95. The molecule has 1 saturated carbocycles. The fraction of sp³-hybridized carbons (Fsp3) is 0.773. The van der Waals surface area contributed by atoms with Crippen LogP contribution in [0, 0.1) is 6.92 Å². The number of hydrogen-bond acceptors (Lipinski definition) is 6. The first-order valence-electron chi connectivity index (χ1n) is 11.5. The molecule has 2 fully saturated rings. The van der Waals surface area contributed by atoms with Crippen molar-refractivity contribution >= 4 is 11.4 Å². The fourth-order valence-electron chi connectivity index (χ4n) is 4.68. The van der Waals surface area contributed by atoms with Crippen molar-refractivity contribution in [2.24, 2.45) is 16.0 Å². The van der Waals surface area contributed by atoms with Gasteiger partial charge in [0.1, 0.15) is 0 Å². The Morgan fingerprint density at radius 2 is 1.83 bits per heavy atom. The van der Waals surface area contributed by atoms with Gasteiger partial charge in [0.2, 0.25) is 0 Å². The number of hydrogen-bond donors (Lipinski definition) is 3. The van der Waals surface area contributed by atoms with Gasteiger partial charge in [-0.2, -0.15) is 5.11 Å². The molecule has 0 aromatic carbocycles. The highest BCUT2D eigenvalue weighted by Gasteiger charge is 2.29. The van der Waals surface area contributed by atoms with Gasteiger partial charge >= 0.3 is 0 Å². The summed E-state index contributed by atoms with van der Waals surface area (Å²) in [4.78, 5) is 16.6. The number of nitrogens with two attached hydrogens (primary N) is 1. The average molecular weight is 420 g/mol. The van der Waals surface area contributed by atoms with E-state index in [2.05, 4.69) is 15.1 Å². The van der Waals surface area contributed by atoms with Crippen molar-refractivity contribution in [3.8, 4) is 5.88 Å². The smallest absolute Gasteiger partial charge is 0.281 e. The van der Waals surface area contributed by atoms with Crippen LogP contribution in [0.25, 0.3) is 0 Å². The number of aromatic nitrogens is 1. The zero-order valence-electron chi connectivity index (χ0n) is 18.9. The van der Waals surface area contributed by atoms with E-state index >= 15 is 0 Å². The fourth-order valence-corrected chi connectivity index (χ4v) is 4.68. The molecule has 0 radical (unpaired) electrons. The number of pyridine rings is 1. The molecule has 168 valence electrons. The summed E-state index contributed by atoms with van der Waals surface area (Å²) in [5, 5.41) is 20.1. The van der Waals surface area contributed by atoms with Crippen LogP contribution in [0.1, 0.15) is 56.9 Å². The van der Waals surface area contributed by atoms with Gasteiger partial charge in [-0.05, 0) is 78.9 Å². The summed E-state index contributed by atoms with van der Waals surface area (Å²) in [5.41, 5.74) is 7.76. The third-order valence-corrected chi connectivity index (χ3v) is 6.52. The molecule has 3 rings (SSSR count). The minimum atomic E-state index is -0.236. The van der Waals surface area contributed by atoms with Gasteiger partial charge in [0, 0.05) is 18.2 Å². The van der Waals surface area contributed by atoms with Gasteiger partial charge < -0.3 is 15.7 Å². The molecule has 0 atom stereocenters. The SMILES string of the molecule is Cc1c([NH+]2CCCCC2)c(O)n(CCCN(C)C)c(=O)c1N=NC1CCC(N)CC1. The van der Waals surface area contributed by atoms with Gasteiger partial charge in [-0.1, -0.05) is 0 Å². The molecule has 2 heterocycles. The van der Waals surface area contributed by atoms with Gasteiger partial charge in [0.05, 0.1) is 19.1 Å². The maximum atomic E-state index is 13.3. The van der Waals surface area contributed by atoms with E-state index in [1.54, 1.807) is 0 Å². The van der Waals surface area contributed by atoms with Crippen molar-refractivity contribution in [1.29, 1.82) is 0 Å². The minimum Gasteiger partial charge on any atom is -0.490 e. The number of quaternary nitrogens is 1. The molecule has 0 spiro atoms. The molecule has 0 unspecified atom stereocenters. The quantitative estimate of drug-likeness (QED) is 0.587. The lowest BCUT2D eigenvalue weighted by molar-refractivity contribution is -0.838. The van der Waals surface area contributed by atoms with Gasteiger partial charge in [0.15, 0.2) is 11.4 Å². The number of nitrogens with one attached hydrogen (secondary N) is 1. The van der Waals surface area contributed by atoms with Gasteiger partial charge in [-0.25, -0.2) is 0 Å². The predicted molar refractivity (Wildman–Crippen MR) is 119 cm³/mol.